The van der Waals surface area contributed by atoms with Crippen LogP contribution in [0.5, 0.6) is 0 Å². The number of hydrogen-bond acceptors (Lipinski definition) is 10. The highest BCUT2D eigenvalue weighted by Crippen LogP contribution is 2.17. The van der Waals surface area contributed by atoms with Crippen LogP contribution in [0.15, 0.2) is 0 Å². The van der Waals surface area contributed by atoms with Gasteiger partial charge >= 0.3 is 11.9 Å². The molecule has 0 aromatic carbocycles. The molecular formula is C4H5N5O10. The number of rotatable bonds is 7. The van der Waals surface area contributed by atoms with Crippen LogP contribution in [-0.2, 0) is 4.74 Å². The molecule has 15 heteroatoms. The van der Waals surface area contributed by atoms with Gasteiger partial charge in [-0.15, -0.1) is 0 Å². The largest absolute Gasteiger partial charge is 0.703 e. The number of nitrogens with one attached hydrogen (secondary N) is 1. The third-order valence-corrected chi connectivity index (χ3v) is 1.73. The lowest BCUT2D eigenvalue weighted by atomic mass is 10.3. The Morgan fingerprint density at radius 1 is 1.00 bits per heavy atom. The Labute approximate surface area is 101 Å². The molecule has 0 aromatic rings. The fraction of sp³-hybridized carbons (Fsp3) is 0.750. The van der Waals surface area contributed by atoms with Crippen molar-refractivity contribution in [2.45, 2.75) is 12.2 Å². The van der Waals surface area contributed by atoms with Crippen molar-refractivity contribution in [3.63, 3.8) is 0 Å². The van der Waals surface area contributed by atoms with Crippen LogP contribution in [0.3, 0.4) is 0 Å². The zero-order valence-corrected chi connectivity index (χ0v) is 8.79. The highest BCUT2D eigenvalue weighted by Gasteiger charge is 2.70. The molecule has 0 saturated carbocycles. The average Bonchev–Trinajstić information content (AvgIpc) is 2.21. The molecule has 0 bridgehead atoms. The Hall–Kier alpha value is -3.13. The van der Waals surface area contributed by atoms with Crippen molar-refractivity contribution in [2.24, 2.45) is 0 Å². The molecule has 0 fully saturated rings. The first-order chi connectivity index (χ1) is 8.64. The van der Waals surface area contributed by atoms with Gasteiger partial charge < -0.3 is 4.74 Å². The standard InChI is InChI=1S/C4H5N5O10/c10-3(5-9(17)18)19-2-1-4(6(11)12,7(13)14)8(15)16/h1-2H2,(H,5,10). The number of hydrazine groups is 1. The molecule has 19 heavy (non-hydrogen) atoms. The molecule has 0 atom stereocenters. The van der Waals surface area contributed by atoms with Crippen LogP contribution >= 0.6 is 0 Å². The van der Waals surface area contributed by atoms with Crippen molar-refractivity contribution >= 4 is 6.09 Å². The van der Waals surface area contributed by atoms with Crippen molar-refractivity contribution < 1.29 is 29.3 Å². The topological polar surface area (TPSA) is 211 Å². The molecule has 0 aliphatic carbocycles. The minimum Gasteiger partial charge on any atom is -0.445 e. The molecule has 1 amide bonds. The number of hydrogen-bond donors (Lipinski definition) is 1. The monoisotopic (exact) mass is 283 g/mol. The van der Waals surface area contributed by atoms with E-state index in [9.17, 15) is 45.3 Å². The predicted molar refractivity (Wildman–Crippen MR) is 49.8 cm³/mol. The summed E-state index contributed by atoms with van der Waals surface area (Å²) in [7, 11) is 0. The summed E-state index contributed by atoms with van der Waals surface area (Å²) in [5, 5.41) is 39.7. The fourth-order valence-electron chi connectivity index (χ4n) is 0.861. The molecular weight excluding hydrogens is 278 g/mol. The minimum atomic E-state index is -3.78. The fourth-order valence-corrected chi connectivity index (χ4v) is 0.861. The van der Waals surface area contributed by atoms with Crippen LogP contribution in [0.25, 0.3) is 0 Å². The van der Waals surface area contributed by atoms with E-state index in [0.29, 0.717) is 0 Å². The van der Waals surface area contributed by atoms with Gasteiger partial charge in [-0.25, -0.2) is 14.9 Å². The lowest BCUT2D eigenvalue weighted by Gasteiger charge is -2.08. The van der Waals surface area contributed by atoms with E-state index >= 15 is 0 Å². The SMILES string of the molecule is O=C(N[N+](=O)[O-])OCCC([N+](=O)[O-])([N+](=O)[O-])[N+](=O)[O-]. The Bertz CT molecular complexity index is 396. The maximum atomic E-state index is 10.6. The van der Waals surface area contributed by atoms with E-state index in [1.54, 1.807) is 0 Å². The summed E-state index contributed by atoms with van der Waals surface area (Å²) < 4.78 is 3.95. The van der Waals surface area contributed by atoms with Gasteiger partial charge in [-0.05, 0) is 5.43 Å². The van der Waals surface area contributed by atoms with Crippen molar-refractivity contribution in [1.82, 2.24) is 5.43 Å². The molecule has 0 unspecified atom stereocenters. The Balaban J connectivity index is 4.75. The highest BCUT2D eigenvalue weighted by molar-refractivity contribution is 5.65. The normalized spacial score (nSPS) is 10.3. The molecule has 0 saturated heterocycles. The summed E-state index contributed by atoms with van der Waals surface area (Å²) in [4.78, 5) is 46.3. The van der Waals surface area contributed by atoms with Crippen LogP contribution in [0, 0.1) is 40.5 Å². The summed E-state index contributed by atoms with van der Waals surface area (Å²) in [6, 6.07) is 0. The van der Waals surface area contributed by atoms with Gasteiger partial charge in [0.2, 0.25) is 6.42 Å². The Morgan fingerprint density at radius 3 is 1.74 bits per heavy atom. The zero-order chi connectivity index (χ0) is 15.2. The first kappa shape index (κ1) is 15.9. The smallest absolute Gasteiger partial charge is 0.445 e. The maximum Gasteiger partial charge on any atom is 0.703 e. The molecule has 0 radical (unpaired) electrons. The van der Waals surface area contributed by atoms with Gasteiger partial charge in [0, 0.05) is 0 Å². The second-order valence-corrected chi connectivity index (χ2v) is 2.80. The van der Waals surface area contributed by atoms with Gasteiger partial charge in [0.15, 0.2) is 19.8 Å². The number of nitro groups is 4. The van der Waals surface area contributed by atoms with Crippen LogP contribution in [0.2, 0.25) is 0 Å². The molecule has 0 aliphatic rings. The molecule has 0 spiro atoms. The van der Waals surface area contributed by atoms with Gasteiger partial charge in [0.25, 0.3) is 0 Å². The molecule has 106 valence electrons. The van der Waals surface area contributed by atoms with E-state index in [1.807, 2.05) is 0 Å². The minimum absolute atomic E-state index is 0.968. The second kappa shape index (κ2) is 5.98. The first-order valence-corrected chi connectivity index (χ1v) is 4.16. The highest BCUT2D eigenvalue weighted by atomic mass is 16.7. The lowest BCUT2D eigenvalue weighted by Crippen LogP contribution is -2.54. The van der Waals surface area contributed by atoms with Gasteiger partial charge in [-0.1, -0.05) is 0 Å². The second-order valence-electron chi connectivity index (χ2n) is 2.80. The summed E-state index contributed by atoms with van der Waals surface area (Å²) in [5.74, 6) is -3.78. The number of amides is 1. The van der Waals surface area contributed by atoms with E-state index in [2.05, 4.69) is 4.74 Å². The summed E-state index contributed by atoms with van der Waals surface area (Å²) in [6.07, 6.45) is -3.07. The maximum absolute atomic E-state index is 10.6. The number of nitrogens with zero attached hydrogens (tertiary/aromatic N) is 4. The Kier molecular flexibility index (Phi) is 5.00. The molecule has 15 nitrogen and oxygen atoms in total. The Morgan fingerprint density at radius 2 is 1.42 bits per heavy atom. The van der Waals surface area contributed by atoms with Gasteiger partial charge in [-0.2, -0.15) is 0 Å². The van der Waals surface area contributed by atoms with Gasteiger partial charge in [0.05, 0.1) is 0 Å². The summed E-state index contributed by atoms with van der Waals surface area (Å²) in [6.45, 7) is -1.14. The van der Waals surface area contributed by atoms with Crippen molar-refractivity contribution in [3.8, 4) is 0 Å². The number of carbonyl (C=O) groups is 1. The predicted octanol–water partition coefficient (Wildman–Crippen LogP) is -1.22. The van der Waals surface area contributed by atoms with Gasteiger partial charge in [-0.3, -0.25) is 30.3 Å². The van der Waals surface area contributed by atoms with E-state index in [4.69, 9.17) is 0 Å². The lowest BCUT2D eigenvalue weighted by molar-refractivity contribution is -0.970. The zero-order valence-electron chi connectivity index (χ0n) is 8.79. The van der Waals surface area contributed by atoms with Crippen LogP contribution in [0.1, 0.15) is 6.42 Å². The van der Waals surface area contributed by atoms with Crippen LogP contribution in [-0.4, -0.2) is 38.3 Å². The van der Waals surface area contributed by atoms with E-state index < -0.39 is 44.7 Å². The first-order valence-electron chi connectivity index (χ1n) is 4.16. The van der Waals surface area contributed by atoms with Gasteiger partial charge in [0.1, 0.15) is 6.61 Å². The summed E-state index contributed by atoms with van der Waals surface area (Å²) >= 11 is 0. The van der Waals surface area contributed by atoms with Crippen LogP contribution in [0.4, 0.5) is 4.79 Å². The molecule has 0 aromatic heterocycles. The van der Waals surface area contributed by atoms with E-state index in [1.165, 1.54) is 0 Å². The third-order valence-electron chi connectivity index (χ3n) is 1.73. The average molecular weight is 283 g/mol. The molecule has 1 N–H and O–H groups in total. The number of carbonyl (C=O) groups excluding carboxylic acids is 1. The van der Waals surface area contributed by atoms with E-state index in [0.717, 1.165) is 5.43 Å². The molecule has 0 aliphatic heterocycles. The molecule has 0 rings (SSSR count). The summed E-state index contributed by atoms with van der Waals surface area (Å²) in [5.41, 5.74) is 0.968. The molecule has 0 heterocycles. The quantitative estimate of drug-likeness (QED) is 0.333. The van der Waals surface area contributed by atoms with E-state index in [-0.39, 0.29) is 0 Å². The van der Waals surface area contributed by atoms with Crippen molar-refractivity contribution in [2.75, 3.05) is 6.61 Å². The third kappa shape index (κ3) is 3.68. The van der Waals surface area contributed by atoms with Crippen LogP contribution < -0.4 is 5.43 Å². The number of ether oxygens (including phenoxy) is 1. The van der Waals surface area contributed by atoms with Crippen molar-refractivity contribution in [3.05, 3.63) is 40.5 Å². The van der Waals surface area contributed by atoms with Crippen molar-refractivity contribution in [1.29, 1.82) is 0 Å².